The number of fused-ring (bicyclic) bond motifs is 2. The lowest BCUT2D eigenvalue weighted by Crippen LogP contribution is -2.34. The second kappa shape index (κ2) is 7.27. The van der Waals surface area contributed by atoms with Gasteiger partial charge in [0.15, 0.2) is 6.10 Å². The first-order valence-electron chi connectivity index (χ1n) is 9.05. The maximum atomic E-state index is 12.4. The topological polar surface area (TPSA) is 122 Å². The third kappa shape index (κ3) is 3.62. The molecule has 4 rings (SSSR count). The van der Waals surface area contributed by atoms with Gasteiger partial charge in [-0.1, -0.05) is 12.1 Å². The molecule has 0 radical (unpaired) electrons. The highest BCUT2D eigenvalue weighted by atomic mass is 16.5. The van der Waals surface area contributed by atoms with Crippen molar-refractivity contribution in [2.45, 2.75) is 26.0 Å². The summed E-state index contributed by atoms with van der Waals surface area (Å²) in [6, 6.07) is 11.7. The fourth-order valence-corrected chi connectivity index (χ4v) is 3.19. The van der Waals surface area contributed by atoms with Crippen molar-refractivity contribution in [3.05, 3.63) is 63.3 Å². The van der Waals surface area contributed by atoms with Crippen molar-refractivity contribution in [3.63, 3.8) is 0 Å². The number of hydrogen-bond donors (Lipinski definition) is 3. The largest absolute Gasteiger partial charge is 0.479 e. The highest BCUT2D eigenvalue weighted by Crippen LogP contribution is 2.32. The first-order valence-corrected chi connectivity index (χ1v) is 9.05. The van der Waals surface area contributed by atoms with Crippen LogP contribution in [0.1, 0.15) is 13.3 Å². The standard InChI is InChI=1S/C20H18N4O5/c1-11-18(26)22-14-10-12(6-7-16(14)29-11)21-17(25)8-9-24-15-5-3-2-4-13(15)19(27)23-20(24)28/h2-7,10-11H,8-9H2,1H3,(H,21,25)(H,22,26)(H,23,27,28). The van der Waals surface area contributed by atoms with E-state index in [9.17, 15) is 19.2 Å². The van der Waals surface area contributed by atoms with E-state index in [-0.39, 0.29) is 24.8 Å². The van der Waals surface area contributed by atoms with Crippen LogP contribution in [0.25, 0.3) is 10.9 Å². The number of hydrogen-bond acceptors (Lipinski definition) is 5. The van der Waals surface area contributed by atoms with E-state index in [0.29, 0.717) is 28.0 Å². The molecule has 148 valence electrons. The average Bonchev–Trinajstić information content (AvgIpc) is 2.69. The molecule has 0 saturated carbocycles. The predicted octanol–water partition coefficient (Wildman–Crippen LogP) is 1.44. The van der Waals surface area contributed by atoms with E-state index in [1.165, 1.54) is 4.57 Å². The number of ether oxygens (including phenoxy) is 1. The van der Waals surface area contributed by atoms with E-state index < -0.39 is 17.4 Å². The van der Waals surface area contributed by atoms with Crippen molar-refractivity contribution in [2.24, 2.45) is 0 Å². The Bertz CT molecular complexity index is 1240. The Labute approximate surface area is 164 Å². The van der Waals surface area contributed by atoms with Crippen LogP contribution in [0.5, 0.6) is 5.75 Å². The van der Waals surface area contributed by atoms with Crippen molar-refractivity contribution in [2.75, 3.05) is 10.6 Å². The normalized spacial score (nSPS) is 15.3. The average molecular weight is 394 g/mol. The van der Waals surface area contributed by atoms with Gasteiger partial charge in [-0.2, -0.15) is 0 Å². The third-order valence-electron chi connectivity index (χ3n) is 4.66. The van der Waals surface area contributed by atoms with Gasteiger partial charge in [0, 0.05) is 18.7 Å². The van der Waals surface area contributed by atoms with Gasteiger partial charge in [-0.3, -0.25) is 23.9 Å². The summed E-state index contributed by atoms with van der Waals surface area (Å²) in [5.74, 6) is -0.0461. The molecule has 0 bridgehead atoms. The number of amides is 2. The summed E-state index contributed by atoms with van der Waals surface area (Å²) in [6.45, 7) is 1.75. The van der Waals surface area contributed by atoms with Gasteiger partial charge >= 0.3 is 5.69 Å². The van der Waals surface area contributed by atoms with Crippen LogP contribution in [0.15, 0.2) is 52.1 Å². The maximum absolute atomic E-state index is 12.4. The highest BCUT2D eigenvalue weighted by Gasteiger charge is 2.23. The molecule has 29 heavy (non-hydrogen) atoms. The van der Waals surface area contributed by atoms with Gasteiger partial charge in [-0.25, -0.2) is 4.79 Å². The number of carbonyl (C=O) groups excluding carboxylic acids is 2. The molecule has 3 N–H and O–H groups in total. The van der Waals surface area contributed by atoms with E-state index >= 15 is 0 Å². The SMILES string of the molecule is CC1Oc2ccc(NC(=O)CCn3c(=O)[nH]c(=O)c4ccccc43)cc2NC1=O. The Morgan fingerprint density at radius 1 is 1.17 bits per heavy atom. The Balaban J connectivity index is 1.49. The van der Waals surface area contributed by atoms with Gasteiger partial charge in [-0.05, 0) is 37.3 Å². The number of anilines is 2. The van der Waals surface area contributed by atoms with Crippen molar-refractivity contribution < 1.29 is 14.3 Å². The molecule has 1 aliphatic heterocycles. The first kappa shape index (κ1) is 18.5. The van der Waals surface area contributed by atoms with Gasteiger partial charge in [0.05, 0.1) is 16.6 Å². The van der Waals surface area contributed by atoms with Gasteiger partial charge in [-0.15, -0.1) is 0 Å². The maximum Gasteiger partial charge on any atom is 0.328 e. The highest BCUT2D eigenvalue weighted by molar-refractivity contribution is 5.99. The Morgan fingerprint density at radius 2 is 1.97 bits per heavy atom. The number of nitrogens with one attached hydrogen (secondary N) is 3. The summed E-state index contributed by atoms with van der Waals surface area (Å²) < 4.78 is 6.84. The Hall–Kier alpha value is -3.88. The van der Waals surface area contributed by atoms with Gasteiger partial charge < -0.3 is 15.4 Å². The van der Waals surface area contributed by atoms with E-state index in [4.69, 9.17) is 4.74 Å². The number of aromatic nitrogens is 2. The molecular weight excluding hydrogens is 376 g/mol. The fraction of sp³-hybridized carbons (Fsp3) is 0.200. The molecular formula is C20H18N4O5. The number of benzene rings is 2. The van der Waals surface area contributed by atoms with Crippen LogP contribution in [0.4, 0.5) is 11.4 Å². The summed E-state index contributed by atoms with van der Waals surface area (Å²) in [5.41, 5.74) is 0.416. The zero-order valence-electron chi connectivity index (χ0n) is 15.5. The summed E-state index contributed by atoms with van der Waals surface area (Å²) in [5, 5.41) is 5.84. The molecule has 9 heteroatoms. The second-order valence-electron chi connectivity index (χ2n) is 6.69. The number of nitrogens with zero attached hydrogens (tertiary/aromatic N) is 1. The van der Waals surface area contributed by atoms with Crippen molar-refractivity contribution >= 4 is 34.1 Å². The Morgan fingerprint density at radius 3 is 2.79 bits per heavy atom. The molecule has 1 aliphatic rings. The van der Waals surface area contributed by atoms with Crippen molar-refractivity contribution in [3.8, 4) is 5.75 Å². The molecule has 1 atom stereocenters. The van der Waals surface area contributed by atoms with Crippen LogP contribution < -0.4 is 26.6 Å². The summed E-state index contributed by atoms with van der Waals surface area (Å²) in [4.78, 5) is 50.4. The second-order valence-corrected chi connectivity index (χ2v) is 6.69. The van der Waals surface area contributed by atoms with Crippen LogP contribution in [-0.2, 0) is 16.1 Å². The smallest absolute Gasteiger partial charge is 0.328 e. The minimum Gasteiger partial charge on any atom is -0.479 e. The van der Waals surface area contributed by atoms with Crippen LogP contribution in [0, 0.1) is 0 Å². The van der Waals surface area contributed by atoms with E-state index in [0.717, 1.165) is 0 Å². The number of aryl methyl sites for hydroxylation is 1. The van der Waals surface area contributed by atoms with E-state index in [2.05, 4.69) is 15.6 Å². The lowest BCUT2D eigenvalue weighted by molar-refractivity contribution is -0.122. The van der Waals surface area contributed by atoms with Crippen molar-refractivity contribution in [1.82, 2.24) is 9.55 Å². The number of para-hydroxylation sites is 1. The summed E-state index contributed by atoms with van der Waals surface area (Å²) in [6.07, 6.45) is -0.555. The van der Waals surface area contributed by atoms with Crippen molar-refractivity contribution in [1.29, 1.82) is 0 Å². The number of rotatable bonds is 4. The third-order valence-corrected chi connectivity index (χ3v) is 4.66. The Kier molecular flexibility index (Phi) is 4.63. The van der Waals surface area contributed by atoms with E-state index in [1.54, 1.807) is 49.4 Å². The van der Waals surface area contributed by atoms with Gasteiger partial charge in [0.1, 0.15) is 5.75 Å². The zero-order valence-corrected chi connectivity index (χ0v) is 15.5. The minimum absolute atomic E-state index is 0.0208. The molecule has 0 aliphatic carbocycles. The molecule has 3 aromatic rings. The molecule has 0 spiro atoms. The van der Waals surface area contributed by atoms with E-state index in [1.807, 2.05) is 0 Å². The lowest BCUT2D eigenvalue weighted by Gasteiger charge is -2.23. The molecule has 1 unspecified atom stereocenters. The zero-order chi connectivity index (χ0) is 20.5. The monoisotopic (exact) mass is 394 g/mol. The predicted molar refractivity (Wildman–Crippen MR) is 107 cm³/mol. The fourth-order valence-electron chi connectivity index (χ4n) is 3.19. The molecule has 0 saturated heterocycles. The van der Waals surface area contributed by atoms with Gasteiger partial charge in [0.2, 0.25) is 5.91 Å². The number of H-pyrrole nitrogens is 1. The lowest BCUT2D eigenvalue weighted by atomic mass is 10.2. The van der Waals surface area contributed by atoms with Crippen LogP contribution >= 0.6 is 0 Å². The summed E-state index contributed by atoms with van der Waals surface area (Å²) >= 11 is 0. The van der Waals surface area contributed by atoms with Crippen LogP contribution in [-0.4, -0.2) is 27.5 Å². The quantitative estimate of drug-likeness (QED) is 0.618. The number of carbonyl (C=O) groups is 2. The minimum atomic E-state index is -0.576. The van der Waals surface area contributed by atoms with Crippen LogP contribution in [0.3, 0.4) is 0 Å². The molecule has 1 aromatic heterocycles. The summed E-state index contributed by atoms with van der Waals surface area (Å²) in [7, 11) is 0. The molecule has 2 aromatic carbocycles. The molecule has 2 heterocycles. The molecule has 2 amide bonds. The van der Waals surface area contributed by atoms with Gasteiger partial charge in [0.25, 0.3) is 11.5 Å². The molecule has 0 fully saturated rings. The number of aromatic amines is 1. The molecule has 9 nitrogen and oxygen atoms in total. The van der Waals surface area contributed by atoms with Crippen LogP contribution in [0.2, 0.25) is 0 Å². The first-order chi connectivity index (χ1) is 13.9.